The van der Waals surface area contributed by atoms with Crippen molar-refractivity contribution in [2.75, 3.05) is 6.54 Å². The summed E-state index contributed by atoms with van der Waals surface area (Å²) in [4.78, 5) is 38.0. The van der Waals surface area contributed by atoms with E-state index in [-0.39, 0.29) is 18.2 Å². The highest BCUT2D eigenvalue weighted by atomic mass is 32.2. The van der Waals surface area contributed by atoms with E-state index in [0.717, 1.165) is 10.5 Å². The topological polar surface area (TPSA) is 113 Å². The summed E-state index contributed by atoms with van der Waals surface area (Å²) in [5.74, 6) is -1.36. The van der Waals surface area contributed by atoms with E-state index in [9.17, 15) is 22.8 Å². The molecule has 8 nitrogen and oxygen atoms in total. The summed E-state index contributed by atoms with van der Waals surface area (Å²) in [6.45, 7) is 4.84. The van der Waals surface area contributed by atoms with Gasteiger partial charge in [0.15, 0.2) is 9.84 Å². The molecule has 2 aliphatic heterocycles. The molecular weight excluding hydrogens is 382 g/mol. The van der Waals surface area contributed by atoms with Crippen molar-refractivity contribution in [3.05, 3.63) is 35.9 Å². The largest absolute Gasteiger partial charge is 0.354 e. The SMILES string of the molecule is CC(NC(=O)C1N2C(=O)CC2S(=O)(=O)C1(C)C)C(=O)NCCc1ccccc1. The summed E-state index contributed by atoms with van der Waals surface area (Å²) in [6.07, 6.45) is 0.566. The summed E-state index contributed by atoms with van der Waals surface area (Å²) in [6, 6.07) is 7.68. The van der Waals surface area contributed by atoms with Crippen LogP contribution in [0, 0.1) is 0 Å². The Morgan fingerprint density at radius 2 is 1.89 bits per heavy atom. The smallest absolute Gasteiger partial charge is 0.245 e. The molecule has 1 aromatic carbocycles. The van der Waals surface area contributed by atoms with Crippen LogP contribution >= 0.6 is 0 Å². The van der Waals surface area contributed by atoms with Gasteiger partial charge in [-0.05, 0) is 32.8 Å². The molecule has 3 unspecified atom stereocenters. The second-order valence-electron chi connectivity index (χ2n) is 7.77. The van der Waals surface area contributed by atoms with Gasteiger partial charge in [0.25, 0.3) is 0 Å². The molecule has 0 saturated carbocycles. The third-order valence-corrected chi connectivity index (χ3v) is 8.33. The van der Waals surface area contributed by atoms with Crippen molar-refractivity contribution in [2.45, 2.75) is 55.8 Å². The Bertz CT molecular complexity index is 897. The van der Waals surface area contributed by atoms with Crippen LogP contribution in [-0.2, 0) is 30.6 Å². The van der Waals surface area contributed by atoms with Gasteiger partial charge >= 0.3 is 0 Å². The first kappa shape index (κ1) is 20.3. The lowest BCUT2D eigenvalue weighted by atomic mass is 9.97. The molecule has 0 bridgehead atoms. The van der Waals surface area contributed by atoms with Crippen LogP contribution < -0.4 is 10.6 Å². The number of fused-ring (bicyclic) bond motifs is 1. The number of benzene rings is 1. The monoisotopic (exact) mass is 407 g/mol. The van der Waals surface area contributed by atoms with Crippen LogP contribution in [0.4, 0.5) is 0 Å². The number of nitrogens with zero attached hydrogens (tertiary/aromatic N) is 1. The highest BCUT2D eigenvalue weighted by Crippen LogP contribution is 2.45. The molecule has 152 valence electrons. The van der Waals surface area contributed by atoms with Gasteiger partial charge in [-0.15, -0.1) is 0 Å². The van der Waals surface area contributed by atoms with Gasteiger partial charge in [-0.1, -0.05) is 30.3 Å². The van der Waals surface area contributed by atoms with E-state index in [2.05, 4.69) is 10.6 Å². The molecule has 2 saturated heterocycles. The number of β-lactam (4-membered cyclic amide) rings is 1. The van der Waals surface area contributed by atoms with E-state index in [1.165, 1.54) is 20.8 Å². The van der Waals surface area contributed by atoms with Gasteiger partial charge in [-0.2, -0.15) is 0 Å². The van der Waals surface area contributed by atoms with Gasteiger partial charge in [-0.3, -0.25) is 14.4 Å². The molecule has 0 radical (unpaired) electrons. The van der Waals surface area contributed by atoms with Crippen molar-refractivity contribution in [1.29, 1.82) is 0 Å². The van der Waals surface area contributed by atoms with Gasteiger partial charge in [-0.25, -0.2) is 8.42 Å². The fourth-order valence-corrected chi connectivity index (χ4v) is 5.87. The van der Waals surface area contributed by atoms with Crippen molar-refractivity contribution in [3.8, 4) is 0 Å². The van der Waals surface area contributed by atoms with Crippen molar-refractivity contribution < 1.29 is 22.8 Å². The van der Waals surface area contributed by atoms with Crippen molar-refractivity contribution in [3.63, 3.8) is 0 Å². The molecule has 0 aliphatic carbocycles. The lowest BCUT2D eigenvalue weighted by Crippen LogP contribution is -2.61. The average molecular weight is 407 g/mol. The van der Waals surface area contributed by atoms with E-state index in [0.29, 0.717) is 13.0 Å². The summed E-state index contributed by atoms with van der Waals surface area (Å²) in [7, 11) is -3.65. The Morgan fingerprint density at radius 1 is 1.25 bits per heavy atom. The summed E-state index contributed by atoms with van der Waals surface area (Å²) in [5, 5.41) is 4.37. The Labute approximate surface area is 164 Å². The molecule has 2 aliphatic rings. The molecule has 3 amide bonds. The Balaban J connectivity index is 1.59. The molecule has 2 fully saturated rings. The van der Waals surface area contributed by atoms with Crippen LogP contribution in [0.5, 0.6) is 0 Å². The quantitative estimate of drug-likeness (QED) is 0.644. The Morgan fingerprint density at radius 3 is 2.50 bits per heavy atom. The minimum atomic E-state index is -3.65. The van der Waals surface area contributed by atoms with Crippen LogP contribution in [0.2, 0.25) is 0 Å². The summed E-state index contributed by atoms with van der Waals surface area (Å²) in [5.41, 5.74) is 1.08. The standard InChI is InChI=1S/C19H25N3O5S/c1-12(17(24)20-10-9-13-7-5-4-6-8-13)21-18(25)16-19(2,3)28(26,27)15-11-14(23)22(15)16/h4-8,12,15-16H,9-11H2,1-3H3,(H,20,24)(H,21,25). The second-order valence-corrected chi connectivity index (χ2v) is 10.5. The molecule has 0 spiro atoms. The maximum Gasteiger partial charge on any atom is 0.245 e. The fourth-order valence-electron chi connectivity index (χ4n) is 3.74. The number of nitrogens with one attached hydrogen (secondary N) is 2. The van der Waals surface area contributed by atoms with Gasteiger partial charge < -0.3 is 15.5 Å². The van der Waals surface area contributed by atoms with Crippen LogP contribution in [0.1, 0.15) is 32.8 Å². The minimum Gasteiger partial charge on any atom is -0.354 e. The Hall–Kier alpha value is -2.42. The lowest BCUT2D eigenvalue weighted by Gasteiger charge is -2.37. The molecule has 1 aromatic rings. The van der Waals surface area contributed by atoms with Crippen LogP contribution in [0.15, 0.2) is 30.3 Å². The molecular formula is C19H25N3O5S. The minimum absolute atomic E-state index is 0.0922. The van der Waals surface area contributed by atoms with Crippen LogP contribution in [0.25, 0.3) is 0 Å². The van der Waals surface area contributed by atoms with Crippen molar-refractivity contribution >= 4 is 27.6 Å². The normalized spacial score (nSPS) is 25.4. The molecule has 3 atom stereocenters. The van der Waals surface area contributed by atoms with Gasteiger partial charge in [0.1, 0.15) is 17.5 Å². The van der Waals surface area contributed by atoms with E-state index in [1.54, 1.807) is 0 Å². The molecule has 2 N–H and O–H groups in total. The molecule has 0 aromatic heterocycles. The van der Waals surface area contributed by atoms with E-state index in [4.69, 9.17) is 0 Å². The molecule has 9 heteroatoms. The number of rotatable bonds is 6. The Kier molecular flexibility index (Phi) is 5.22. The number of hydrogen-bond acceptors (Lipinski definition) is 5. The number of sulfone groups is 1. The van der Waals surface area contributed by atoms with Gasteiger partial charge in [0.2, 0.25) is 17.7 Å². The first-order valence-corrected chi connectivity index (χ1v) is 10.8. The van der Waals surface area contributed by atoms with E-state index < -0.39 is 37.9 Å². The maximum absolute atomic E-state index is 12.7. The number of hydrogen-bond donors (Lipinski definition) is 2. The van der Waals surface area contributed by atoms with Gasteiger partial charge in [0, 0.05) is 6.54 Å². The first-order chi connectivity index (χ1) is 13.1. The zero-order valence-corrected chi connectivity index (χ0v) is 17.0. The average Bonchev–Trinajstić information content (AvgIpc) is 2.76. The lowest BCUT2D eigenvalue weighted by molar-refractivity contribution is -0.150. The van der Waals surface area contributed by atoms with E-state index in [1.807, 2.05) is 30.3 Å². The third-order valence-electron chi connectivity index (χ3n) is 5.53. The number of amides is 3. The molecule has 2 heterocycles. The summed E-state index contributed by atoms with van der Waals surface area (Å²) >= 11 is 0. The third kappa shape index (κ3) is 3.28. The second kappa shape index (κ2) is 7.20. The molecule has 3 rings (SSSR count). The predicted molar refractivity (Wildman–Crippen MR) is 103 cm³/mol. The highest BCUT2D eigenvalue weighted by Gasteiger charge is 2.67. The predicted octanol–water partition coefficient (Wildman–Crippen LogP) is -0.0160. The zero-order chi connectivity index (χ0) is 20.7. The molecule has 28 heavy (non-hydrogen) atoms. The highest BCUT2D eigenvalue weighted by molar-refractivity contribution is 7.93. The fraction of sp³-hybridized carbons (Fsp3) is 0.526. The van der Waals surface area contributed by atoms with Crippen molar-refractivity contribution in [2.24, 2.45) is 0 Å². The van der Waals surface area contributed by atoms with Crippen LogP contribution in [0.3, 0.4) is 0 Å². The van der Waals surface area contributed by atoms with Crippen LogP contribution in [-0.4, -0.2) is 59.8 Å². The van der Waals surface area contributed by atoms with E-state index >= 15 is 0 Å². The zero-order valence-electron chi connectivity index (χ0n) is 16.1. The number of carbonyl (C=O) groups excluding carboxylic acids is 3. The number of carbonyl (C=O) groups is 3. The summed E-state index contributed by atoms with van der Waals surface area (Å²) < 4.78 is 23.8. The van der Waals surface area contributed by atoms with Crippen molar-refractivity contribution in [1.82, 2.24) is 15.5 Å². The first-order valence-electron chi connectivity index (χ1n) is 9.24. The maximum atomic E-state index is 12.7. The van der Waals surface area contributed by atoms with Gasteiger partial charge in [0.05, 0.1) is 11.2 Å².